The first-order chi connectivity index (χ1) is 8.88. The number of rotatable bonds is 3. The second-order valence-corrected chi connectivity index (χ2v) is 5.92. The minimum absolute atomic E-state index is 0.0418. The van der Waals surface area contributed by atoms with Gasteiger partial charge >= 0.3 is 0 Å². The molecule has 1 aromatic heterocycles. The average Bonchev–Trinajstić information content (AvgIpc) is 2.27. The SMILES string of the molecule is Nc1cc(Cl)ccc1S(=O)(=O)Nc1ccnc(Cl)n1. The van der Waals surface area contributed by atoms with Crippen molar-refractivity contribution in [2.75, 3.05) is 10.5 Å². The van der Waals surface area contributed by atoms with Crippen LogP contribution in [0.4, 0.5) is 11.5 Å². The topological polar surface area (TPSA) is 98.0 Å². The molecule has 0 atom stereocenters. The molecule has 0 spiro atoms. The van der Waals surface area contributed by atoms with Crippen molar-refractivity contribution in [1.82, 2.24) is 9.97 Å². The third kappa shape index (κ3) is 3.25. The Morgan fingerprint density at radius 1 is 1.21 bits per heavy atom. The third-order valence-electron chi connectivity index (χ3n) is 2.13. The van der Waals surface area contributed by atoms with Crippen molar-refractivity contribution in [3.05, 3.63) is 40.8 Å². The van der Waals surface area contributed by atoms with Gasteiger partial charge in [0.2, 0.25) is 5.28 Å². The van der Waals surface area contributed by atoms with E-state index in [1.165, 1.54) is 30.5 Å². The highest BCUT2D eigenvalue weighted by Gasteiger charge is 2.18. The fourth-order valence-corrected chi connectivity index (χ4v) is 2.79. The van der Waals surface area contributed by atoms with Crippen LogP contribution in [0.1, 0.15) is 0 Å². The van der Waals surface area contributed by atoms with Crippen molar-refractivity contribution in [1.29, 1.82) is 0 Å². The van der Waals surface area contributed by atoms with Gasteiger partial charge in [-0.2, -0.15) is 4.98 Å². The van der Waals surface area contributed by atoms with Crippen LogP contribution in [0.2, 0.25) is 10.3 Å². The maximum Gasteiger partial charge on any atom is 0.265 e. The molecule has 0 unspecified atom stereocenters. The molecule has 0 aliphatic rings. The number of anilines is 2. The molecule has 1 heterocycles. The van der Waals surface area contributed by atoms with Crippen LogP contribution in [0.3, 0.4) is 0 Å². The summed E-state index contributed by atoms with van der Waals surface area (Å²) in [7, 11) is -3.86. The second-order valence-electron chi connectivity index (χ2n) is 3.50. The highest BCUT2D eigenvalue weighted by atomic mass is 35.5. The van der Waals surface area contributed by atoms with Gasteiger partial charge in [-0.05, 0) is 35.9 Å². The Kier molecular flexibility index (Phi) is 3.79. The second kappa shape index (κ2) is 5.20. The lowest BCUT2D eigenvalue weighted by Crippen LogP contribution is -2.15. The summed E-state index contributed by atoms with van der Waals surface area (Å²) < 4.78 is 26.5. The van der Waals surface area contributed by atoms with Crippen molar-refractivity contribution >= 4 is 44.7 Å². The van der Waals surface area contributed by atoms with Crippen LogP contribution in [-0.2, 0) is 10.0 Å². The van der Waals surface area contributed by atoms with Gasteiger partial charge in [-0.3, -0.25) is 4.72 Å². The molecule has 0 saturated carbocycles. The fourth-order valence-electron chi connectivity index (χ4n) is 1.35. The minimum Gasteiger partial charge on any atom is -0.398 e. The summed E-state index contributed by atoms with van der Waals surface area (Å²) in [5.41, 5.74) is 5.67. The zero-order chi connectivity index (χ0) is 14.0. The van der Waals surface area contributed by atoms with E-state index in [2.05, 4.69) is 14.7 Å². The number of halogens is 2. The molecule has 0 aliphatic carbocycles. The van der Waals surface area contributed by atoms with Crippen LogP contribution in [0.15, 0.2) is 35.4 Å². The summed E-state index contributed by atoms with van der Waals surface area (Å²) in [6.45, 7) is 0. The largest absolute Gasteiger partial charge is 0.398 e. The predicted octanol–water partition coefficient (Wildman–Crippen LogP) is 2.17. The van der Waals surface area contributed by atoms with E-state index in [-0.39, 0.29) is 21.7 Å². The van der Waals surface area contributed by atoms with Crippen LogP contribution in [0.25, 0.3) is 0 Å². The van der Waals surface area contributed by atoms with Crippen molar-refractivity contribution in [2.24, 2.45) is 0 Å². The predicted molar refractivity (Wildman–Crippen MR) is 73.7 cm³/mol. The highest BCUT2D eigenvalue weighted by Crippen LogP contribution is 2.24. The normalized spacial score (nSPS) is 11.3. The molecule has 0 aliphatic heterocycles. The first-order valence-corrected chi connectivity index (χ1v) is 7.19. The monoisotopic (exact) mass is 318 g/mol. The van der Waals surface area contributed by atoms with E-state index >= 15 is 0 Å². The van der Waals surface area contributed by atoms with Gasteiger partial charge in [0.15, 0.2) is 0 Å². The quantitative estimate of drug-likeness (QED) is 0.667. The zero-order valence-corrected chi connectivity index (χ0v) is 11.7. The molecule has 2 rings (SSSR count). The van der Waals surface area contributed by atoms with Gasteiger partial charge < -0.3 is 5.73 Å². The lowest BCUT2D eigenvalue weighted by molar-refractivity contribution is 0.601. The number of hydrogen-bond donors (Lipinski definition) is 2. The van der Waals surface area contributed by atoms with Crippen LogP contribution in [0, 0.1) is 0 Å². The van der Waals surface area contributed by atoms with Crippen LogP contribution in [0.5, 0.6) is 0 Å². The molecule has 0 radical (unpaired) electrons. The molecule has 0 bridgehead atoms. The van der Waals surface area contributed by atoms with E-state index in [9.17, 15) is 8.42 Å². The summed E-state index contributed by atoms with van der Waals surface area (Å²) in [5, 5.41) is 0.283. The Morgan fingerprint density at radius 3 is 2.58 bits per heavy atom. The number of nitrogens with two attached hydrogens (primary N) is 1. The number of aromatic nitrogens is 2. The summed E-state index contributed by atoms with van der Waals surface area (Å²) in [4.78, 5) is 7.29. The Hall–Kier alpha value is -1.57. The number of benzene rings is 1. The standard InChI is InChI=1S/C10H8Cl2N4O2S/c11-6-1-2-8(7(13)5-6)19(17,18)16-9-3-4-14-10(12)15-9/h1-5H,13H2,(H,14,15,16). The van der Waals surface area contributed by atoms with E-state index in [1.54, 1.807) is 0 Å². The summed E-state index contributed by atoms with van der Waals surface area (Å²) >= 11 is 11.3. The molecule has 0 saturated heterocycles. The van der Waals surface area contributed by atoms with E-state index in [1.807, 2.05) is 0 Å². The molecule has 19 heavy (non-hydrogen) atoms. The first-order valence-electron chi connectivity index (χ1n) is 4.95. The van der Waals surface area contributed by atoms with Crippen molar-refractivity contribution in [2.45, 2.75) is 4.90 Å². The van der Waals surface area contributed by atoms with Crippen molar-refractivity contribution < 1.29 is 8.42 Å². The molecule has 1 aromatic carbocycles. The number of sulfonamides is 1. The Morgan fingerprint density at radius 2 is 1.95 bits per heavy atom. The summed E-state index contributed by atoms with van der Waals surface area (Å²) in [6, 6.07) is 5.46. The van der Waals surface area contributed by atoms with Crippen LogP contribution >= 0.6 is 23.2 Å². The van der Waals surface area contributed by atoms with Gasteiger partial charge in [-0.1, -0.05) is 11.6 Å². The maximum atomic E-state index is 12.1. The summed E-state index contributed by atoms with van der Waals surface area (Å²) in [6.07, 6.45) is 1.33. The minimum atomic E-state index is -3.86. The van der Waals surface area contributed by atoms with E-state index < -0.39 is 10.0 Å². The molecular weight excluding hydrogens is 311 g/mol. The average molecular weight is 319 g/mol. The number of nitrogens with one attached hydrogen (secondary N) is 1. The van der Waals surface area contributed by atoms with Gasteiger partial charge in [0, 0.05) is 11.2 Å². The molecule has 9 heteroatoms. The molecule has 100 valence electrons. The van der Waals surface area contributed by atoms with E-state index in [0.29, 0.717) is 5.02 Å². The van der Waals surface area contributed by atoms with Gasteiger partial charge in [0.25, 0.3) is 10.0 Å². The lowest BCUT2D eigenvalue weighted by Gasteiger charge is -2.09. The Balaban J connectivity index is 2.38. The Bertz CT molecular complexity index is 721. The third-order valence-corrected chi connectivity index (χ3v) is 3.97. The molecule has 6 nitrogen and oxygen atoms in total. The smallest absolute Gasteiger partial charge is 0.265 e. The van der Waals surface area contributed by atoms with Crippen molar-refractivity contribution in [3.8, 4) is 0 Å². The Labute approximate surface area is 119 Å². The molecule has 0 fully saturated rings. The number of nitrogens with zero attached hydrogens (tertiary/aromatic N) is 2. The highest BCUT2D eigenvalue weighted by molar-refractivity contribution is 7.92. The molecular formula is C10H8Cl2N4O2S. The molecule has 2 aromatic rings. The maximum absolute atomic E-state index is 12.1. The van der Waals surface area contributed by atoms with Crippen molar-refractivity contribution in [3.63, 3.8) is 0 Å². The summed E-state index contributed by atoms with van der Waals surface area (Å²) in [5.74, 6) is 0.0503. The fraction of sp³-hybridized carbons (Fsp3) is 0. The van der Waals surface area contributed by atoms with Crippen LogP contribution < -0.4 is 10.5 Å². The lowest BCUT2D eigenvalue weighted by atomic mass is 10.3. The van der Waals surface area contributed by atoms with Crippen LogP contribution in [-0.4, -0.2) is 18.4 Å². The van der Waals surface area contributed by atoms with Gasteiger partial charge in [-0.25, -0.2) is 13.4 Å². The van der Waals surface area contributed by atoms with Gasteiger partial charge in [0.1, 0.15) is 10.7 Å². The first kappa shape index (κ1) is 13.9. The zero-order valence-electron chi connectivity index (χ0n) is 9.34. The van der Waals surface area contributed by atoms with E-state index in [4.69, 9.17) is 28.9 Å². The number of hydrogen-bond acceptors (Lipinski definition) is 5. The molecule has 0 amide bonds. The van der Waals surface area contributed by atoms with Gasteiger partial charge in [0.05, 0.1) is 5.69 Å². The van der Waals surface area contributed by atoms with Gasteiger partial charge in [-0.15, -0.1) is 0 Å². The molecule has 3 N–H and O–H groups in total. The van der Waals surface area contributed by atoms with E-state index in [0.717, 1.165) is 0 Å². The number of nitrogen functional groups attached to an aromatic ring is 1.